The van der Waals surface area contributed by atoms with Crippen LogP contribution in [-0.4, -0.2) is 0 Å². The van der Waals surface area contributed by atoms with E-state index in [4.69, 9.17) is 11.5 Å². The molecular formula is C17H14N4. The number of nitrogens with two attached hydrogens (primary N) is 2. The average molecular weight is 274 g/mol. The average Bonchev–Trinajstić information content (AvgIpc) is 2.75. The molecule has 2 aliphatic carbocycles. The normalized spacial score (nSPS) is 19.3. The minimum atomic E-state index is 0.102. The van der Waals surface area contributed by atoms with Gasteiger partial charge in [0.25, 0.3) is 0 Å². The summed E-state index contributed by atoms with van der Waals surface area (Å²) in [6, 6.07) is 9.60. The molecular weight excluding hydrogens is 260 g/mol. The molecule has 21 heavy (non-hydrogen) atoms. The van der Waals surface area contributed by atoms with Crippen LogP contribution in [0.25, 0.3) is 11.1 Å². The van der Waals surface area contributed by atoms with E-state index in [9.17, 15) is 10.5 Å². The third kappa shape index (κ3) is 1.81. The molecule has 0 amide bonds. The van der Waals surface area contributed by atoms with Crippen molar-refractivity contribution in [2.45, 2.75) is 13.3 Å². The second kappa shape index (κ2) is 4.54. The van der Waals surface area contributed by atoms with E-state index in [2.05, 4.69) is 6.92 Å². The fourth-order valence-electron chi connectivity index (χ4n) is 2.99. The highest BCUT2D eigenvalue weighted by Gasteiger charge is 2.32. The Morgan fingerprint density at radius 3 is 2.57 bits per heavy atom. The maximum Gasteiger partial charge on any atom is 0.138 e. The highest BCUT2D eigenvalue weighted by molar-refractivity contribution is 6.06. The van der Waals surface area contributed by atoms with Crippen LogP contribution in [0.4, 0.5) is 5.69 Å². The molecule has 2 aliphatic rings. The Kier molecular flexibility index (Phi) is 2.82. The van der Waals surface area contributed by atoms with Gasteiger partial charge in [-0.3, -0.25) is 0 Å². The first kappa shape index (κ1) is 13.0. The summed E-state index contributed by atoms with van der Waals surface area (Å²) in [5.74, 6) is 0.251. The number of fused-ring (bicyclic) bond motifs is 2. The first-order valence-electron chi connectivity index (χ1n) is 6.72. The molecule has 102 valence electrons. The quantitative estimate of drug-likeness (QED) is 0.561. The second-order valence-electron chi connectivity index (χ2n) is 5.42. The summed E-state index contributed by atoms with van der Waals surface area (Å²) >= 11 is 0. The van der Waals surface area contributed by atoms with Gasteiger partial charge in [-0.05, 0) is 52.8 Å². The first-order chi connectivity index (χ1) is 10.1. The van der Waals surface area contributed by atoms with Crippen molar-refractivity contribution in [3.63, 3.8) is 0 Å². The van der Waals surface area contributed by atoms with Crippen molar-refractivity contribution in [1.82, 2.24) is 0 Å². The number of anilines is 1. The third-order valence-corrected chi connectivity index (χ3v) is 4.10. The first-order valence-corrected chi connectivity index (χ1v) is 6.72. The molecule has 0 bridgehead atoms. The van der Waals surface area contributed by atoms with E-state index in [0.29, 0.717) is 11.3 Å². The SMILES string of the molecule is CC1CC2=C(C=C1N)C(=C(C#N)C#N)c1cc(N)ccc12. The molecule has 1 atom stereocenters. The molecule has 1 aromatic carbocycles. The van der Waals surface area contributed by atoms with Crippen LogP contribution in [0.5, 0.6) is 0 Å². The molecule has 4 nitrogen and oxygen atoms in total. The lowest BCUT2D eigenvalue weighted by atomic mass is 9.87. The van der Waals surface area contributed by atoms with Crippen LogP contribution in [0, 0.1) is 28.6 Å². The smallest absolute Gasteiger partial charge is 0.138 e. The van der Waals surface area contributed by atoms with Crippen molar-refractivity contribution >= 4 is 16.8 Å². The van der Waals surface area contributed by atoms with Crippen molar-refractivity contribution in [2.24, 2.45) is 11.7 Å². The number of nitrogen functional groups attached to an aromatic ring is 1. The van der Waals surface area contributed by atoms with E-state index >= 15 is 0 Å². The van der Waals surface area contributed by atoms with Gasteiger partial charge in [0.05, 0.1) is 0 Å². The topological polar surface area (TPSA) is 99.6 Å². The largest absolute Gasteiger partial charge is 0.402 e. The monoisotopic (exact) mass is 274 g/mol. The van der Waals surface area contributed by atoms with Crippen LogP contribution in [0.2, 0.25) is 0 Å². The summed E-state index contributed by atoms with van der Waals surface area (Å²) in [6.07, 6.45) is 2.70. The van der Waals surface area contributed by atoms with Crippen LogP contribution < -0.4 is 11.5 Å². The minimum absolute atomic E-state index is 0.102. The van der Waals surface area contributed by atoms with Gasteiger partial charge in [0, 0.05) is 17.0 Å². The molecule has 0 aliphatic heterocycles. The molecule has 4 N–H and O–H groups in total. The van der Waals surface area contributed by atoms with Crippen LogP contribution >= 0.6 is 0 Å². The summed E-state index contributed by atoms with van der Waals surface area (Å²) in [7, 11) is 0. The molecule has 4 heteroatoms. The van der Waals surface area contributed by atoms with Gasteiger partial charge < -0.3 is 11.5 Å². The molecule has 0 saturated heterocycles. The van der Waals surface area contributed by atoms with E-state index in [1.807, 2.05) is 36.4 Å². The van der Waals surface area contributed by atoms with Crippen molar-refractivity contribution in [3.8, 4) is 12.1 Å². The molecule has 0 spiro atoms. The Balaban J connectivity index is 2.37. The van der Waals surface area contributed by atoms with Crippen molar-refractivity contribution in [1.29, 1.82) is 10.5 Å². The van der Waals surface area contributed by atoms with Gasteiger partial charge in [-0.1, -0.05) is 13.0 Å². The fraction of sp³-hybridized carbons (Fsp3) is 0.176. The van der Waals surface area contributed by atoms with Crippen LogP contribution in [0.1, 0.15) is 24.5 Å². The predicted molar refractivity (Wildman–Crippen MR) is 82.0 cm³/mol. The van der Waals surface area contributed by atoms with Crippen molar-refractivity contribution in [2.75, 3.05) is 5.73 Å². The number of benzene rings is 1. The summed E-state index contributed by atoms with van der Waals surface area (Å²) < 4.78 is 0. The molecule has 0 heterocycles. The Morgan fingerprint density at radius 1 is 1.19 bits per heavy atom. The van der Waals surface area contributed by atoms with Gasteiger partial charge in [0.15, 0.2) is 0 Å². The van der Waals surface area contributed by atoms with E-state index in [-0.39, 0.29) is 11.5 Å². The molecule has 0 fully saturated rings. The van der Waals surface area contributed by atoms with Crippen molar-refractivity contribution in [3.05, 3.63) is 52.2 Å². The number of allylic oxidation sites excluding steroid dienone is 6. The number of nitriles is 2. The minimum Gasteiger partial charge on any atom is -0.402 e. The molecule has 1 aromatic rings. The fourth-order valence-corrected chi connectivity index (χ4v) is 2.99. The van der Waals surface area contributed by atoms with E-state index in [1.54, 1.807) is 0 Å². The zero-order chi connectivity index (χ0) is 15.1. The third-order valence-electron chi connectivity index (χ3n) is 4.10. The van der Waals surface area contributed by atoms with E-state index < -0.39 is 0 Å². The molecule has 1 unspecified atom stereocenters. The summed E-state index contributed by atoms with van der Waals surface area (Å²) in [5.41, 5.74) is 18.0. The van der Waals surface area contributed by atoms with E-state index in [1.165, 1.54) is 0 Å². The lowest BCUT2D eigenvalue weighted by molar-refractivity contribution is 0.687. The second-order valence-corrected chi connectivity index (χ2v) is 5.42. The van der Waals surface area contributed by atoms with E-state index in [0.717, 1.165) is 34.4 Å². The molecule has 0 radical (unpaired) electrons. The highest BCUT2D eigenvalue weighted by atomic mass is 14.6. The number of nitrogens with zero attached hydrogens (tertiary/aromatic N) is 2. The molecule has 0 saturated carbocycles. The Morgan fingerprint density at radius 2 is 1.90 bits per heavy atom. The Bertz CT molecular complexity index is 809. The number of rotatable bonds is 0. The summed E-state index contributed by atoms with van der Waals surface area (Å²) in [6.45, 7) is 2.07. The maximum atomic E-state index is 9.25. The molecule has 3 rings (SSSR count). The zero-order valence-corrected chi connectivity index (χ0v) is 11.6. The van der Waals surface area contributed by atoms with Gasteiger partial charge in [0.1, 0.15) is 17.7 Å². The Labute approximate surface area is 123 Å². The maximum absolute atomic E-state index is 9.25. The van der Waals surface area contributed by atoms with Gasteiger partial charge in [-0.2, -0.15) is 10.5 Å². The van der Waals surface area contributed by atoms with Crippen molar-refractivity contribution < 1.29 is 0 Å². The van der Waals surface area contributed by atoms with Gasteiger partial charge in [-0.15, -0.1) is 0 Å². The van der Waals surface area contributed by atoms with Crippen LogP contribution in [0.3, 0.4) is 0 Å². The number of hydrogen-bond acceptors (Lipinski definition) is 4. The van der Waals surface area contributed by atoms with Gasteiger partial charge >= 0.3 is 0 Å². The lowest BCUT2D eigenvalue weighted by Gasteiger charge is -2.20. The van der Waals surface area contributed by atoms with Gasteiger partial charge in [-0.25, -0.2) is 0 Å². The highest BCUT2D eigenvalue weighted by Crippen LogP contribution is 2.49. The standard InChI is InChI=1S/C17H14N4/c1-9-4-13-12-3-2-11(20)5-14(12)17(10(7-18)8-19)15(13)6-16(9)21/h2-3,5-6,9H,4,20-21H2,1H3. The van der Waals surface area contributed by atoms with Crippen LogP contribution in [0.15, 0.2) is 41.1 Å². The lowest BCUT2D eigenvalue weighted by Crippen LogP contribution is -2.13. The Hall–Kier alpha value is -2.98. The number of hydrogen-bond donors (Lipinski definition) is 2. The summed E-state index contributed by atoms with van der Waals surface area (Å²) in [4.78, 5) is 0. The molecule has 0 aromatic heterocycles. The predicted octanol–water partition coefficient (Wildman–Crippen LogP) is 2.72. The van der Waals surface area contributed by atoms with Gasteiger partial charge in [0.2, 0.25) is 0 Å². The summed E-state index contributed by atoms with van der Waals surface area (Å²) in [5, 5.41) is 18.5. The van der Waals surface area contributed by atoms with Crippen LogP contribution in [-0.2, 0) is 0 Å². The zero-order valence-electron chi connectivity index (χ0n) is 11.6.